The molecular weight excluding hydrogens is 284 g/mol. The Morgan fingerprint density at radius 3 is 2.29 bits per heavy atom. The Morgan fingerprint density at radius 2 is 1.71 bits per heavy atom. The number of rotatable bonds is 5. The lowest BCUT2D eigenvalue weighted by Crippen LogP contribution is -2.48. The molecular formula is C16H24N2O2S. The zero-order valence-electron chi connectivity index (χ0n) is 12.8. The molecule has 0 bridgehead atoms. The SMILES string of the molecule is CCS(=O)(=O)N1CCN(C/C=C/c2ccc(C)cc2)CC1. The van der Waals surface area contributed by atoms with E-state index in [-0.39, 0.29) is 5.75 Å². The molecule has 0 N–H and O–H groups in total. The standard InChI is InChI=1S/C16H24N2O2S/c1-3-21(19,20)18-13-11-17(12-14-18)10-4-5-16-8-6-15(2)7-9-16/h4-9H,3,10-14H2,1-2H3/b5-4+. The molecule has 0 unspecified atom stereocenters. The van der Waals surface area contributed by atoms with E-state index in [2.05, 4.69) is 48.2 Å². The van der Waals surface area contributed by atoms with Crippen LogP contribution in [0, 0.1) is 6.92 Å². The first-order valence-electron chi connectivity index (χ1n) is 7.44. The first-order chi connectivity index (χ1) is 10.0. The number of piperazine rings is 1. The third-order valence-corrected chi connectivity index (χ3v) is 5.72. The number of benzene rings is 1. The van der Waals surface area contributed by atoms with Crippen molar-refractivity contribution in [1.29, 1.82) is 0 Å². The first kappa shape index (κ1) is 16.2. The molecule has 4 nitrogen and oxygen atoms in total. The largest absolute Gasteiger partial charge is 0.297 e. The molecule has 21 heavy (non-hydrogen) atoms. The van der Waals surface area contributed by atoms with Crippen LogP contribution >= 0.6 is 0 Å². The summed E-state index contributed by atoms with van der Waals surface area (Å²) in [6.07, 6.45) is 4.27. The minimum absolute atomic E-state index is 0.195. The van der Waals surface area contributed by atoms with Crippen molar-refractivity contribution in [2.24, 2.45) is 0 Å². The maximum absolute atomic E-state index is 11.8. The molecule has 1 saturated heterocycles. The molecule has 2 rings (SSSR count). The van der Waals surface area contributed by atoms with Gasteiger partial charge in [0, 0.05) is 32.7 Å². The highest BCUT2D eigenvalue weighted by Crippen LogP contribution is 2.09. The third-order valence-electron chi connectivity index (χ3n) is 3.84. The van der Waals surface area contributed by atoms with Crippen molar-refractivity contribution in [3.63, 3.8) is 0 Å². The molecule has 0 aromatic heterocycles. The smallest absolute Gasteiger partial charge is 0.213 e. The molecule has 1 aliphatic heterocycles. The molecule has 5 heteroatoms. The van der Waals surface area contributed by atoms with Crippen LogP contribution < -0.4 is 0 Å². The quantitative estimate of drug-likeness (QED) is 0.835. The normalized spacial score (nSPS) is 18.4. The van der Waals surface area contributed by atoms with Crippen molar-refractivity contribution in [3.05, 3.63) is 41.5 Å². The van der Waals surface area contributed by atoms with Crippen molar-refractivity contribution in [3.8, 4) is 0 Å². The lowest BCUT2D eigenvalue weighted by molar-refractivity contribution is 0.205. The van der Waals surface area contributed by atoms with Crippen LogP contribution in [-0.2, 0) is 10.0 Å². The second kappa shape index (κ2) is 7.20. The van der Waals surface area contributed by atoms with Crippen molar-refractivity contribution in [1.82, 2.24) is 9.21 Å². The fraction of sp³-hybridized carbons (Fsp3) is 0.500. The molecule has 0 amide bonds. The van der Waals surface area contributed by atoms with Gasteiger partial charge in [-0.3, -0.25) is 4.90 Å². The molecule has 1 heterocycles. The summed E-state index contributed by atoms with van der Waals surface area (Å²) in [5.41, 5.74) is 2.47. The topological polar surface area (TPSA) is 40.6 Å². The molecule has 1 aromatic rings. The van der Waals surface area contributed by atoms with Crippen LogP contribution in [0.1, 0.15) is 18.1 Å². The molecule has 0 radical (unpaired) electrons. The molecule has 0 saturated carbocycles. The summed E-state index contributed by atoms with van der Waals surface area (Å²) in [6.45, 7) is 7.47. The van der Waals surface area contributed by atoms with Gasteiger partial charge >= 0.3 is 0 Å². The van der Waals surface area contributed by atoms with E-state index in [1.165, 1.54) is 11.1 Å². The summed E-state index contributed by atoms with van der Waals surface area (Å²) in [5, 5.41) is 0. The van der Waals surface area contributed by atoms with Gasteiger partial charge in [-0.1, -0.05) is 42.0 Å². The van der Waals surface area contributed by atoms with Crippen LogP contribution in [0.15, 0.2) is 30.3 Å². The average molecular weight is 308 g/mol. The molecule has 116 valence electrons. The maximum atomic E-state index is 11.8. The number of nitrogens with zero attached hydrogens (tertiary/aromatic N) is 2. The fourth-order valence-corrected chi connectivity index (χ4v) is 3.47. The van der Waals surface area contributed by atoms with Crippen molar-refractivity contribution in [2.75, 3.05) is 38.5 Å². The minimum Gasteiger partial charge on any atom is -0.297 e. The number of hydrogen-bond acceptors (Lipinski definition) is 3. The summed E-state index contributed by atoms with van der Waals surface area (Å²) < 4.78 is 25.2. The maximum Gasteiger partial charge on any atom is 0.213 e. The Hall–Kier alpha value is -1.17. The van der Waals surface area contributed by atoms with Crippen LogP contribution in [-0.4, -0.2) is 56.1 Å². The molecule has 0 atom stereocenters. The lowest BCUT2D eigenvalue weighted by Gasteiger charge is -2.33. The van der Waals surface area contributed by atoms with E-state index in [1.54, 1.807) is 11.2 Å². The third kappa shape index (κ3) is 4.66. The van der Waals surface area contributed by atoms with E-state index in [4.69, 9.17) is 0 Å². The second-order valence-electron chi connectivity index (χ2n) is 5.41. The molecule has 1 aliphatic rings. The van der Waals surface area contributed by atoms with Crippen molar-refractivity contribution < 1.29 is 8.42 Å². The van der Waals surface area contributed by atoms with Crippen LogP contribution in [0.25, 0.3) is 6.08 Å². The lowest BCUT2D eigenvalue weighted by atomic mass is 10.1. The highest BCUT2D eigenvalue weighted by molar-refractivity contribution is 7.89. The van der Waals surface area contributed by atoms with E-state index in [9.17, 15) is 8.42 Å². The zero-order valence-corrected chi connectivity index (χ0v) is 13.6. The van der Waals surface area contributed by atoms with Crippen LogP contribution in [0.3, 0.4) is 0 Å². The molecule has 1 aromatic carbocycles. The Bertz CT molecular complexity index is 571. The van der Waals surface area contributed by atoms with E-state index < -0.39 is 10.0 Å². The summed E-state index contributed by atoms with van der Waals surface area (Å²) in [5.74, 6) is 0.195. The van der Waals surface area contributed by atoms with E-state index in [0.717, 1.165) is 19.6 Å². The van der Waals surface area contributed by atoms with Gasteiger partial charge in [-0.25, -0.2) is 8.42 Å². The van der Waals surface area contributed by atoms with Crippen LogP contribution in [0.4, 0.5) is 0 Å². The summed E-state index contributed by atoms with van der Waals surface area (Å²) in [7, 11) is -3.02. The van der Waals surface area contributed by atoms with E-state index in [1.807, 2.05) is 0 Å². The Morgan fingerprint density at radius 1 is 1.10 bits per heavy atom. The van der Waals surface area contributed by atoms with Crippen LogP contribution in [0.5, 0.6) is 0 Å². The van der Waals surface area contributed by atoms with Gasteiger partial charge in [0.1, 0.15) is 0 Å². The van der Waals surface area contributed by atoms with Gasteiger partial charge in [-0.05, 0) is 19.4 Å². The van der Waals surface area contributed by atoms with Gasteiger partial charge in [0.05, 0.1) is 5.75 Å². The highest BCUT2D eigenvalue weighted by Gasteiger charge is 2.24. The van der Waals surface area contributed by atoms with Gasteiger partial charge in [0.25, 0.3) is 0 Å². The zero-order chi connectivity index (χ0) is 15.3. The predicted molar refractivity (Wildman–Crippen MR) is 87.7 cm³/mol. The predicted octanol–water partition coefficient (Wildman–Crippen LogP) is 1.98. The first-order valence-corrected chi connectivity index (χ1v) is 9.05. The number of sulfonamides is 1. The summed E-state index contributed by atoms with van der Waals surface area (Å²) in [6, 6.07) is 8.43. The van der Waals surface area contributed by atoms with Gasteiger partial charge in [-0.15, -0.1) is 0 Å². The van der Waals surface area contributed by atoms with Gasteiger partial charge < -0.3 is 0 Å². The Labute approximate surface area is 128 Å². The van der Waals surface area contributed by atoms with E-state index >= 15 is 0 Å². The molecule has 1 fully saturated rings. The van der Waals surface area contributed by atoms with Gasteiger partial charge in [0.2, 0.25) is 10.0 Å². The second-order valence-corrected chi connectivity index (χ2v) is 7.67. The monoisotopic (exact) mass is 308 g/mol. The molecule has 0 aliphatic carbocycles. The highest BCUT2D eigenvalue weighted by atomic mass is 32.2. The van der Waals surface area contributed by atoms with Crippen molar-refractivity contribution >= 4 is 16.1 Å². The van der Waals surface area contributed by atoms with Gasteiger partial charge in [-0.2, -0.15) is 4.31 Å². The van der Waals surface area contributed by atoms with Crippen molar-refractivity contribution in [2.45, 2.75) is 13.8 Å². The molecule has 0 spiro atoms. The number of aryl methyl sites for hydroxylation is 1. The Balaban J connectivity index is 1.80. The minimum atomic E-state index is -3.02. The number of hydrogen-bond donors (Lipinski definition) is 0. The average Bonchev–Trinajstić information content (AvgIpc) is 2.50. The van der Waals surface area contributed by atoms with Gasteiger partial charge in [0.15, 0.2) is 0 Å². The summed E-state index contributed by atoms with van der Waals surface area (Å²) in [4.78, 5) is 2.28. The Kier molecular flexibility index (Phi) is 5.56. The van der Waals surface area contributed by atoms with E-state index in [0.29, 0.717) is 13.1 Å². The fourth-order valence-electron chi connectivity index (χ4n) is 2.39. The van der Waals surface area contributed by atoms with Crippen LogP contribution in [0.2, 0.25) is 0 Å². The summed E-state index contributed by atoms with van der Waals surface area (Å²) >= 11 is 0.